The van der Waals surface area contributed by atoms with E-state index in [1.165, 1.54) is 11.1 Å². The van der Waals surface area contributed by atoms with Crippen LogP contribution in [0.15, 0.2) is 79.1 Å². The van der Waals surface area contributed by atoms with Crippen LogP contribution in [0, 0.1) is 5.41 Å². The molecule has 4 rings (SSSR count). The fourth-order valence-electron chi connectivity index (χ4n) is 4.59. The van der Waals surface area contributed by atoms with E-state index >= 15 is 0 Å². The lowest BCUT2D eigenvalue weighted by Crippen LogP contribution is -2.51. The van der Waals surface area contributed by atoms with Gasteiger partial charge in [0.1, 0.15) is 0 Å². The van der Waals surface area contributed by atoms with Crippen molar-refractivity contribution in [1.82, 2.24) is 14.8 Å². The number of carbonyl (C=O) groups excluding carboxylic acids is 2. The number of nitrogens with zero attached hydrogens (tertiary/aromatic N) is 3. The molecule has 0 saturated carbocycles. The van der Waals surface area contributed by atoms with Gasteiger partial charge in [-0.25, -0.2) is 0 Å². The normalized spacial score (nSPS) is 15.2. The van der Waals surface area contributed by atoms with E-state index in [9.17, 15) is 9.59 Å². The molecule has 32 heavy (non-hydrogen) atoms. The number of pyridine rings is 1. The largest absolute Gasteiger partial charge is 0.348 e. The van der Waals surface area contributed by atoms with Crippen molar-refractivity contribution in [3.63, 3.8) is 0 Å². The molecule has 1 aromatic heterocycles. The summed E-state index contributed by atoms with van der Waals surface area (Å²) in [4.78, 5) is 33.7. The Kier molecular flexibility index (Phi) is 6.35. The predicted octanol–water partition coefficient (Wildman–Crippen LogP) is 4.30. The summed E-state index contributed by atoms with van der Waals surface area (Å²) in [5.41, 5.74) is 3.59. The Labute approximate surface area is 189 Å². The lowest BCUT2D eigenvalue weighted by Gasteiger charge is -2.42. The summed E-state index contributed by atoms with van der Waals surface area (Å²) >= 11 is 0. The zero-order valence-corrected chi connectivity index (χ0v) is 18.7. The van der Waals surface area contributed by atoms with Gasteiger partial charge in [-0.2, -0.15) is 0 Å². The van der Waals surface area contributed by atoms with Crippen molar-refractivity contribution < 1.29 is 9.59 Å². The third kappa shape index (κ3) is 4.57. The Morgan fingerprint density at radius 2 is 1.56 bits per heavy atom. The number of carbonyl (C=O) groups is 2. The van der Waals surface area contributed by atoms with Crippen LogP contribution in [-0.4, -0.2) is 53.8 Å². The second-order valence-corrected chi connectivity index (χ2v) is 8.75. The van der Waals surface area contributed by atoms with E-state index in [1.807, 2.05) is 37.2 Å². The number of piperidine rings is 1. The van der Waals surface area contributed by atoms with Gasteiger partial charge in [-0.3, -0.25) is 14.6 Å². The van der Waals surface area contributed by atoms with Crippen molar-refractivity contribution in [2.75, 3.05) is 27.2 Å². The minimum atomic E-state index is -0.497. The molecule has 1 aliphatic heterocycles. The number of amides is 2. The topological polar surface area (TPSA) is 53.5 Å². The lowest BCUT2D eigenvalue weighted by molar-refractivity contribution is -0.142. The third-order valence-electron chi connectivity index (χ3n) is 6.38. The maximum absolute atomic E-state index is 13.3. The average molecular weight is 428 g/mol. The quantitative estimate of drug-likeness (QED) is 0.610. The Balaban J connectivity index is 1.51. The molecule has 5 heteroatoms. The molecule has 1 aliphatic rings. The number of likely N-dealkylation sites (tertiary alicyclic amines) is 1. The molecule has 1 saturated heterocycles. The second-order valence-electron chi connectivity index (χ2n) is 8.75. The highest BCUT2D eigenvalue weighted by Crippen LogP contribution is 2.37. The minimum Gasteiger partial charge on any atom is -0.348 e. The lowest BCUT2D eigenvalue weighted by atomic mass is 9.72. The summed E-state index contributed by atoms with van der Waals surface area (Å²) in [6.07, 6.45) is 5.24. The average Bonchev–Trinajstić information content (AvgIpc) is 2.85. The van der Waals surface area contributed by atoms with Crippen LogP contribution in [0.3, 0.4) is 0 Å². The zero-order valence-electron chi connectivity index (χ0n) is 18.7. The zero-order chi connectivity index (χ0) is 22.6. The Bertz CT molecular complexity index is 1060. The molecule has 3 aromatic rings. The van der Waals surface area contributed by atoms with Gasteiger partial charge in [0, 0.05) is 39.6 Å². The van der Waals surface area contributed by atoms with Crippen LogP contribution < -0.4 is 0 Å². The van der Waals surface area contributed by atoms with Gasteiger partial charge in [-0.05, 0) is 48.1 Å². The van der Waals surface area contributed by atoms with Crippen LogP contribution in [0.1, 0.15) is 28.8 Å². The van der Waals surface area contributed by atoms with Crippen molar-refractivity contribution in [3.8, 4) is 11.1 Å². The van der Waals surface area contributed by atoms with Gasteiger partial charge in [0.15, 0.2) is 0 Å². The summed E-state index contributed by atoms with van der Waals surface area (Å²) < 4.78 is 0. The van der Waals surface area contributed by atoms with Crippen LogP contribution in [0.4, 0.5) is 0 Å². The fraction of sp³-hybridized carbons (Fsp3) is 0.296. The summed E-state index contributed by atoms with van der Waals surface area (Å²) in [7, 11) is 3.63. The van der Waals surface area contributed by atoms with Crippen LogP contribution in [0.25, 0.3) is 11.1 Å². The van der Waals surface area contributed by atoms with Gasteiger partial charge in [-0.15, -0.1) is 0 Å². The van der Waals surface area contributed by atoms with Gasteiger partial charge in [0.2, 0.25) is 5.91 Å². The molecule has 0 spiro atoms. The highest BCUT2D eigenvalue weighted by molar-refractivity contribution is 5.94. The maximum Gasteiger partial charge on any atom is 0.255 e. The standard InChI is InChI=1S/C27H29N3O2/c1-29(2)26(32)27(14-17-30(18-15-27)25(31)24-9-6-16-28-20-24)19-21-10-12-23(13-11-21)22-7-4-3-5-8-22/h3-13,16,20H,14-15,17-19H2,1-2H3. The van der Waals surface area contributed by atoms with E-state index in [2.05, 4.69) is 41.4 Å². The second kappa shape index (κ2) is 9.35. The molecule has 0 N–H and O–H groups in total. The van der Waals surface area contributed by atoms with Gasteiger partial charge in [0.05, 0.1) is 11.0 Å². The molecule has 0 bridgehead atoms. The molecule has 0 radical (unpaired) electrons. The minimum absolute atomic E-state index is 0.0174. The first kappa shape index (κ1) is 21.8. The van der Waals surface area contributed by atoms with Gasteiger partial charge >= 0.3 is 0 Å². The van der Waals surface area contributed by atoms with Gasteiger partial charge in [-0.1, -0.05) is 54.6 Å². The number of hydrogen-bond acceptors (Lipinski definition) is 3. The molecule has 2 aromatic carbocycles. The van der Waals surface area contributed by atoms with E-state index in [1.54, 1.807) is 29.4 Å². The van der Waals surface area contributed by atoms with Gasteiger partial charge < -0.3 is 9.80 Å². The van der Waals surface area contributed by atoms with Crippen LogP contribution in [-0.2, 0) is 11.2 Å². The first-order valence-electron chi connectivity index (χ1n) is 11.0. The summed E-state index contributed by atoms with van der Waals surface area (Å²) in [5.74, 6) is 0.120. The van der Waals surface area contributed by atoms with Gasteiger partial charge in [0.25, 0.3) is 5.91 Å². The van der Waals surface area contributed by atoms with Crippen LogP contribution >= 0.6 is 0 Å². The van der Waals surface area contributed by atoms with E-state index in [0.29, 0.717) is 37.9 Å². The van der Waals surface area contributed by atoms with Crippen LogP contribution in [0.5, 0.6) is 0 Å². The first-order chi connectivity index (χ1) is 15.5. The molecular formula is C27H29N3O2. The fourth-order valence-corrected chi connectivity index (χ4v) is 4.59. The van der Waals surface area contributed by atoms with Crippen molar-refractivity contribution in [3.05, 3.63) is 90.3 Å². The SMILES string of the molecule is CN(C)C(=O)C1(Cc2ccc(-c3ccccc3)cc2)CCN(C(=O)c2cccnc2)CC1. The molecule has 0 unspecified atom stereocenters. The van der Waals surface area contributed by atoms with E-state index in [-0.39, 0.29) is 11.8 Å². The molecule has 0 atom stereocenters. The monoisotopic (exact) mass is 427 g/mol. The predicted molar refractivity (Wildman–Crippen MR) is 126 cm³/mol. The molecule has 2 heterocycles. The van der Waals surface area contributed by atoms with Crippen molar-refractivity contribution >= 4 is 11.8 Å². The van der Waals surface area contributed by atoms with Crippen molar-refractivity contribution in [2.45, 2.75) is 19.3 Å². The maximum atomic E-state index is 13.3. The summed E-state index contributed by atoms with van der Waals surface area (Å²) in [5, 5.41) is 0. The van der Waals surface area contributed by atoms with Crippen molar-refractivity contribution in [2.24, 2.45) is 5.41 Å². The molecule has 0 aliphatic carbocycles. The highest BCUT2D eigenvalue weighted by atomic mass is 16.2. The molecule has 164 valence electrons. The number of hydrogen-bond donors (Lipinski definition) is 0. The number of aromatic nitrogens is 1. The Hall–Kier alpha value is -3.47. The van der Waals surface area contributed by atoms with Crippen molar-refractivity contribution in [1.29, 1.82) is 0 Å². The number of benzene rings is 2. The molecule has 2 amide bonds. The highest BCUT2D eigenvalue weighted by Gasteiger charge is 2.43. The van der Waals surface area contributed by atoms with E-state index in [4.69, 9.17) is 0 Å². The molecular weight excluding hydrogens is 398 g/mol. The third-order valence-corrected chi connectivity index (χ3v) is 6.38. The van der Waals surface area contributed by atoms with Crippen LogP contribution in [0.2, 0.25) is 0 Å². The summed E-state index contributed by atoms with van der Waals surface area (Å²) in [6, 6.07) is 22.3. The summed E-state index contributed by atoms with van der Waals surface area (Å²) in [6.45, 7) is 1.13. The van der Waals surface area contributed by atoms with E-state index in [0.717, 1.165) is 5.56 Å². The van der Waals surface area contributed by atoms with E-state index < -0.39 is 5.41 Å². The molecule has 5 nitrogen and oxygen atoms in total. The Morgan fingerprint density at radius 1 is 0.906 bits per heavy atom. The Morgan fingerprint density at radius 3 is 2.16 bits per heavy atom. The number of rotatable bonds is 5. The molecule has 1 fully saturated rings. The first-order valence-corrected chi connectivity index (χ1v) is 11.0. The smallest absolute Gasteiger partial charge is 0.255 e.